The second-order valence-corrected chi connectivity index (χ2v) is 12.1. The van der Waals surface area contributed by atoms with Gasteiger partial charge in [-0.1, -0.05) is 103 Å². The van der Waals surface area contributed by atoms with E-state index in [0.717, 1.165) is 11.4 Å². The summed E-state index contributed by atoms with van der Waals surface area (Å²) in [6.07, 6.45) is 0. The zero-order valence-electron chi connectivity index (χ0n) is 23.3. The molecule has 0 atom stereocenters. The van der Waals surface area contributed by atoms with E-state index in [2.05, 4.69) is 167 Å². The van der Waals surface area contributed by atoms with Crippen LogP contribution in [0.25, 0.3) is 58.4 Å². The zero-order chi connectivity index (χ0) is 28.3. The molecule has 9 rings (SSSR count). The van der Waals surface area contributed by atoms with Gasteiger partial charge in [0.05, 0.1) is 21.4 Å². The highest BCUT2D eigenvalue weighted by molar-refractivity contribution is 7.26. The third-order valence-corrected chi connectivity index (χ3v) is 9.74. The molecule has 0 bridgehead atoms. The molecule has 0 radical (unpaired) electrons. The molecule has 9 aromatic rings. The van der Waals surface area contributed by atoms with E-state index in [4.69, 9.17) is 0 Å². The van der Waals surface area contributed by atoms with Crippen molar-refractivity contribution in [1.29, 1.82) is 0 Å². The minimum absolute atomic E-state index is 1.15. The molecule has 2 nitrogen and oxygen atoms in total. The Bertz CT molecular complexity index is 2410. The Morgan fingerprint density at radius 1 is 0.442 bits per heavy atom. The van der Waals surface area contributed by atoms with Crippen molar-refractivity contribution in [2.24, 2.45) is 0 Å². The Balaban J connectivity index is 1.27. The summed E-state index contributed by atoms with van der Waals surface area (Å²) in [6.45, 7) is 0. The van der Waals surface area contributed by atoms with Gasteiger partial charge >= 0.3 is 0 Å². The van der Waals surface area contributed by atoms with E-state index in [1.165, 1.54) is 64.1 Å². The van der Waals surface area contributed by atoms with E-state index in [1.807, 2.05) is 11.3 Å². The van der Waals surface area contributed by atoms with Gasteiger partial charge in [-0.3, -0.25) is 0 Å². The van der Waals surface area contributed by atoms with Crippen LogP contribution >= 0.6 is 11.3 Å². The number of benzene rings is 7. The third-order valence-electron chi connectivity index (χ3n) is 8.55. The molecule has 0 aliphatic carbocycles. The molecular formula is C40H26N2S. The number of hydrogen-bond donors (Lipinski definition) is 0. The molecule has 2 aromatic heterocycles. The van der Waals surface area contributed by atoms with Crippen LogP contribution in [0.5, 0.6) is 0 Å². The molecule has 0 spiro atoms. The Hall–Kier alpha value is -5.38. The second kappa shape index (κ2) is 9.59. The van der Waals surface area contributed by atoms with Crippen LogP contribution in [0.2, 0.25) is 0 Å². The molecule has 43 heavy (non-hydrogen) atoms. The predicted molar refractivity (Wildman–Crippen MR) is 186 cm³/mol. The van der Waals surface area contributed by atoms with Gasteiger partial charge < -0.3 is 9.47 Å². The zero-order valence-corrected chi connectivity index (χ0v) is 24.1. The van der Waals surface area contributed by atoms with Gasteiger partial charge in [-0.05, 0) is 65.4 Å². The molecular weight excluding hydrogens is 541 g/mol. The Labute approximate surface area is 253 Å². The average molecular weight is 567 g/mol. The molecule has 0 aliphatic rings. The quantitative estimate of drug-likeness (QED) is 0.206. The van der Waals surface area contributed by atoms with Gasteiger partial charge in [0.15, 0.2) is 0 Å². The van der Waals surface area contributed by atoms with Crippen molar-refractivity contribution in [3.05, 3.63) is 158 Å². The standard InChI is InChI=1S/C40H26N2S/c1-2-13-29(14-3-1)41(30-22-21-27-11-4-5-12-28(27)25-30)38-20-10-17-35-34-24-23-31(26-39(34)43-40(35)38)42-36-18-8-6-15-32(36)33-16-7-9-19-37(33)42/h1-26H. The Morgan fingerprint density at radius 3 is 1.91 bits per heavy atom. The van der Waals surface area contributed by atoms with Crippen LogP contribution in [0.15, 0.2) is 158 Å². The number of aromatic nitrogens is 1. The van der Waals surface area contributed by atoms with Crippen molar-refractivity contribution in [2.75, 3.05) is 4.90 Å². The lowest BCUT2D eigenvalue weighted by Gasteiger charge is -2.26. The van der Waals surface area contributed by atoms with Gasteiger partial charge in [-0.15, -0.1) is 11.3 Å². The van der Waals surface area contributed by atoms with Crippen LogP contribution < -0.4 is 4.90 Å². The minimum Gasteiger partial charge on any atom is -0.309 e. The summed E-state index contributed by atoms with van der Waals surface area (Å²) in [7, 11) is 0. The van der Waals surface area contributed by atoms with Crippen molar-refractivity contribution in [2.45, 2.75) is 0 Å². The summed E-state index contributed by atoms with van der Waals surface area (Å²) in [5, 5.41) is 7.62. The van der Waals surface area contributed by atoms with E-state index in [9.17, 15) is 0 Å². The number of nitrogens with zero attached hydrogens (tertiary/aromatic N) is 2. The Morgan fingerprint density at radius 2 is 1.12 bits per heavy atom. The first-order valence-corrected chi connectivity index (χ1v) is 15.4. The topological polar surface area (TPSA) is 8.17 Å². The summed E-state index contributed by atoms with van der Waals surface area (Å²) in [4.78, 5) is 2.40. The molecule has 2 heterocycles. The maximum atomic E-state index is 2.40. The molecule has 0 saturated heterocycles. The fourth-order valence-electron chi connectivity index (χ4n) is 6.61. The highest BCUT2D eigenvalue weighted by Crippen LogP contribution is 2.45. The van der Waals surface area contributed by atoms with Crippen LogP contribution in [0.4, 0.5) is 17.1 Å². The van der Waals surface area contributed by atoms with Crippen molar-refractivity contribution in [3.63, 3.8) is 0 Å². The SMILES string of the molecule is c1ccc(N(c2ccc3ccccc3c2)c2cccc3c2sc2cc(-n4c5ccccc5c5ccccc54)ccc23)cc1. The first kappa shape index (κ1) is 24.2. The molecule has 0 aliphatic heterocycles. The van der Waals surface area contributed by atoms with Crippen molar-refractivity contribution < 1.29 is 0 Å². The fourth-order valence-corrected chi connectivity index (χ4v) is 7.85. The summed E-state index contributed by atoms with van der Waals surface area (Å²) < 4.78 is 4.98. The molecule has 0 fully saturated rings. The van der Waals surface area contributed by atoms with E-state index in [0.29, 0.717) is 0 Å². The van der Waals surface area contributed by atoms with Crippen LogP contribution in [-0.2, 0) is 0 Å². The molecule has 7 aromatic carbocycles. The number of hydrogen-bond acceptors (Lipinski definition) is 2. The van der Waals surface area contributed by atoms with E-state index < -0.39 is 0 Å². The molecule has 0 amide bonds. The van der Waals surface area contributed by atoms with Crippen LogP contribution in [0.3, 0.4) is 0 Å². The smallest absolute Gasteiger partial charge is 0.0640 e. The van der Waals surface area contributed by atoms with Crippen molar-refractivity contribution in [1.82, 2.24) is 4.57 Å². The lowest BCUT2D eigenvalue weighted by Crippen LogP contribution is -2.09. The van der Waals surface area contributed by atoms with Gasteiger partial charge in [0, 0.05) is 43.3 Å². The predicted octanol–water partition coefficient (Wildman–Crippen LogP) is 11.8. The average Bonchev–Trinajstić information content (AvgIpc) is 3.61. The lowest BCUT2D eigenvalue weighted by atomic mass is 10.1. The van der Waals surface area contributed by atoms with E-state index in [1.54, 1.807) is 0 Å². The fraction of sp³-hybridized carbons (Fsp3) is 0. The van der Waals surface area contributed by atoms with Crippen LogP contribution in [-0.4, -0.2) is 4.57 Å². The highest BCUT2D eigenvalue weighted by Gasteiger charge is 2.19. The first-order valence-electron chi connectivity index (χ1n) is 14.6. The highest BCUT2D eigenvalue weighted by atomic mass is 32.1. The number of fused-ring (bicyclic) bond motifs is 7. The molecule has 3 heteroatoms. The Kier molecular flexibility index (Phi) is 5.40. The van der Waals surface area contributed by atoms with Gasteiger partial charge in [0.2, 0.25) is 0 Å². The summed E-state index contributed by atoms with van der Waals surface area (Å²) >= 11 is 1.88. The molecule has 0 saturated carbocycles. The van der Waals surface area contributed by atoms with Gasteiger partial charge in [0.1, 0.15) is 0 Å². The monoisotopic (exact) mass is 566 g/mol. The van der Waals surface area contributed by atoms with Crippen molar-refractivity contribution >= 4 is 81.1 Å². The van der Waals surface area contributed by atoms with Gasteiger partial charge in [-0.25, -0.2) is 0 Å². The maximum absolute atomic E-state index is 2.40. The second-order valence-electron chi connectivity index (χ2n) is 11.0. The number of thiophene rings is 1. The minimum atomic E-state index is 1.15. The lowest BCUT2D eigenvalue weighted by molar-refractivity contribution is 1.19. The number of para-hydroxylation sites is 3. The number of anilines is 3. The van der Waals surface area contributed by atoms with Crippen molar-refractivity contribution in [3.8, 4) is 5.69 Å². The summed E-state index contributed by atoms with van der Waals surface area (Å²) in [6, 6.07) is 57.1. The normalized spacial score (nSPS) is 11.7. The van der Waals surface area contributed by atoms with Gasteiger partial charge in [0.25, 0.3) is 0 Å². The van der Waals surface area contributed by atoms with E-state index >= 15 is 0 Å². The number of rotatable bonds is 4. The molecule has 202 valence electrons. The van der Waals surface area contributed by atoms with E-state index in [-0.39, 0.29) is 0 Å². The van der Waals surface area contributed by atoms with Crippen LogP contribution in [0.1, 0.15) is 0 Å². The first-order chi connectivity index (χ1) is 21.3. The van der Waals surface area contributed by atoms with Crippen LogP contribution in [0, 0.1) is 0 Å². The largest absolute Gasteiger partial charge is 0.309 e. The summed E-state index contributed by atoms with van der Waals surface area (Å²) in [5.41, 5.74) is 7.15. The molecule has 0 unspecified atom stereocenters. The summed E-state index contributed by atoms with van der Waals surface area (Å²) in [5.74, 6) is 0. The third kappa shape index (κ3) is 3.79. The van der Waals surface area contributed by atoms with Gasteiger partial charge in [-0.2, -0.15) is 0 Å². The maximum Gasteiger partial charge on any atom is 0.0640 e. The molecule has 0 N–H and O–H groups in total.